The maximum atomic E-state index is 13.4. The molecule has 0 aliphatic carbocycles. The minimum Gasteiger partial charge on any atom is -0.494 e. The molecule has 0 saturated carbocycles. The first-order chi connectivity index (χ1) is 10.4. The molecule has 1 heterocycles. The van der Waals surface area contributed by atoms with Gasteiger partial charge in [-0.15, -0.1) is 0 Å². The summed E-state index contributed by atoms with van der Waals surface area (Å²) < 4.78 is 20.2. The topological polar surface area (TPSA) is 56.1 Å². The van der Waals surface area contributed by atoms with E-state index in [1.54, 1.807) is 6.20 Å². The molecule has 0 unspecified atom stereocenters. The Kier molecular flexibility index (Phi) is 4.80. The third-order valence-electron chi connectivity index (χ3n) is 3.50. The Morgan fingerprint density at radius 1 is 1.41 bits per heavy atom. The van der Waals surface area contributed by atoms with Crippen LogP contribution in [-0.2, 0) is 7.05 Å². The summed E-state index contributed by atoms with van der Waals surface area (Å²) in [6.07, 6.45) is 3.52. The lowest BCUT2D eigenvalue weighted by atomic mass is 10.0. The number of imidazole rings is 1. The number of carbonyl (C=O) groups excluding carboxylic acids is 1. The number of hydrogen-bond acceptors (Lipinski definition) is 3. The fraction of sp³-hybridized carbons (Fsp3) is 0.375. The summed E-state index contributed by atoms with van der Waals surface area (Å²) in [6, 6.07) is 3.81. The fourth-order valence-electron chi connectivity index (χ4n) is 2.23. The van der Waals surface area contributed by atoms with E-state index in [0.29, 0.717) is 5.56 Å². The van der Waals surface area contributed by atoms with Crippen LogP contribution in [0.5, 0.6) is 5.75 Å². The van der Waals surface area contributed by atoms with Gasteiger partial charge in [-0.3, -0.25) is 4.79 Å². The van der Waals surface area contributed by atoms with Crippen molar-refractivity contribution >= 4 is 5.91 Å². The second-order valence-electron chi connectivity index (χ2n) is 5.44. The van der Waals surface area contributed by atoms with Crippen molar-refractivity contribution in [3.63, 3.8) is 0 Å². The van der Waals surface area contributed by atoms with E-state index in [1.165, 1.54) is 25.3 Å². The van der Waals surface area contributed by atoms with Crippen molar-refractivity contribution in [2.24, 2.45) is 13.0 Å². The lowest BCUT2D eigenvalue weighted by Crippen LogP contribution is -2.33. The van der Waals surface area contributed by atoms with Crippen LogP contribution in [0.15, 0.2) is 30.6 Å². The van der Waals surface area contributed by atoms with Crippen molar-refractivity contribution < 1.29 is 13.9 Å². The third-order valence-corrected chi connectivity index (χ3v) is 3.50. The van der Waals surface area contributed by atoms with Crippen LogP contribution in [0.25, 0.3) is 0 Å². The fourth-order valence-corrected chi connectivity index (χ4v) is 2.23. The minimum absolute atomic E-state index is 0.0470. The number of rotatable bonds is 5. The van der Waals surface area contributed by atoms with E-state index in [0.717, 1.165) is 5.82 Å². The number of aromatic nitrogens is 2. The molecule has 118 valence electrons. The highest BCUT2D eigenvalue weighted by Crippen LogP contribution is 2.22. The predicted octanol–water partition coefficient (Wildman–Crippen LogP) is 2.69. The van der Waals surface area contributed by atoms with Crippen molar-refractivity contribution in [1.29, 1.82) is 0 Å². The van der Waals surface area contributed by atoms with Gasteiger partial charge in [-0.2, -0.15) is 0 Å². The number of carbonyl (C=O) groups is 1. The van der Waals surface area contributed by atoms with Gasteiger partial charge in [-0.1, -0.05) is 13.8 Å². The molecule has 1 atom stereocenters. The largest absolute Gasteiger partial charge is 0.494 e. The van der Waals surface area contributed by atoms with Crippen molar-refractivity contribution in [3.05, 3.63) is 47.8 Å². The molecule has 0 aliphatic rings. The van der Waals surface area contributed by atoms with Gasteiger partial charge in [0.15, 0.2) is 11.6 Å². The van der Waals surface area contributed by atoms with Gasteiger partial charge in [0.25, 0.3) is 5.91 Å². The summed E-state index contributed by atoms with van der Waals surface area (Å²) in [5.74, 6) is 0.194. The number of methoxy groups -OCH3 is 1. The van der Waals surface area contributed by atoms with Crippen LogP contribution in [0.3, 0.4) is 0 Å². The molecule has 1 N–H and O–H groups in total. The molecule has 22 heavy (non-hydrogen) atoms. The average molecular weight is 305 g/mol. The zero-order chi connectivity index (χ0) is 16.3. The first-order valence-electron chi connectivity index (χ1n) is 7.05. The molecule has 1 aromatic carbocycles. The molecule has 0 spiro atoms. The first-order valence-corrected chi connectivity index (χ1v) is 7.05. The molecule has 0 aliphatic heterocycles. The van der Waals surface area contributed by atoms with Gasteiger partial charge >= 0.3 is 0 Å². The van der Waals surface area contributed by atoms with Crippen LogP contribution in [-0.4, -0.2) is 22.6 Å². The molecule has 5 nitrogen and oxygen atoms in total. The Morgan fingerprint density at radius 3 is 2.68 bits per heavy atom. The number of amides is 1. The lowest BCUT2D eigenvalue weighted by molar-refractivity contribution is 0.0922. The number of aryl methyl sites for hydroxylation is 1. The maximum Gasteiger partial charge on any atom is 0.252 e. The zero-order valence-electron chi connectivity index (χ0n) is 13.1. The number of ether oxygens (including phenoxy) is 1. The Morgan fingerprint density at radius 2 is 2.14 bits per heavy atom. The summed E-state index contributed by atoms with van der Waals surface area (Å²) in [5.41, 5.74) is 0.345. The van der Waals surface area contributed by atoms with E-state index >= 15 is 0 Å². The Balaban J connectivity index is 2.24. The van der Waals surface area contributed by atoms with E-state index in [2.05, 4.69) is 10.3 Å². The van der Waals surface area contributed by atoms with Gasteiger partial charge in [0.05, 0.1) is 13.2 Å². The summed E-state index contributed by atoms with van der Waals surface area (Å²) in [6.45, 7) is 4.01. The van der Waals surface area contributed by atoms with Gasteiger partial charge in [-0.05, 0) is 24.1 Å². The normalized spacial score (nSPS) is 12.3. The molecule has 0 fully saturated rings. The smallest absolute Gasteiger partial charge is 0.252 e. The summed E-state index contributed by atoms with van der Waals surface area (Å²) in [4.78, 5) is 16.7. The molecule has 6 heteroatoms. The van der Waals surface area contributed by atoms with Crippen molar-refractivity contribution in [3.8, 4) is 5.75 Å². The van der Waals surface area contributed by atoms with E-state index < -0.39 is 5.82 Å². The van der Waals surface area contributed by atoms with Gasteiger partial charge in [0, 0.05) is 25.0 Å². The monoisotopic (exact) mass is 305 g/mol. The van der Waals surface area contributed by atoms with Gasteiger partial charge in [0.2, 0.25) is 0 Å². The molecule has 1 aromatic heterocycles. The van der Waals surface area contributed by atoms with Crippen molar-refractivity contribution in [1.82, 2.24) is 14.9 Å². The van der Waals surface area contributed by atoms with Crippen LogP contribution in [0, 0.1) is 11.7 Å². The number of halogens is 1. The summed E-state index contributed by atoms with van der Waals surface area (Å²) in [7, 11) is 3.25. The number of hydrogen-bond donors (Lipinski definition) is 1. The zero-order valence-corrected chi connectivity index (χ0v) is 13.1. The van der Waals surface area contributed by atoms with Crippen molar-refractivity contribution in [2.45, 2.75) is 19.9 Å². The van der Waals surface area contributed by atoms with Crippen LogP contribution in [0.1, 0.15) is 36.1 Å². The molecular formula is C16H20FN3O2. The molecule has 0 radical (unpaired) electrons. The molecule has 0 saturated heterocycles. The Hall–Kier alpha value is -2.37. The number of benzene rings is 1. The number of nitrogens with one attached hydrogen (secondary N) is 1. The Bertz CT molecular complexity index is 667. The molecule has 2 rings (SSSR count). The quantitative estimate of drug-likeness (QED) is 0.924. The van der Waals surface area contributed by atoms with Gasteiger partial charge < -0.3 is 14.6 Å². The molecular weight excluding hydrogens is 285 g/mol. The van der Waals surface area contributed by atoms with E-state index in [9.17, 15) is 9.18 Å². The highest BCUT2D eigenvalue weighted by molar-refractivity contribution is 5.94. The minimum atomic E-state index is -0.497. The van der Waals surface area contributed by atoms with Gasteiger partial charge in [0.1, 0.15) is 5.82 Å². The first kappa shape index (κ1) is 16.0. The SMILES string of the molecule is COc1cc(C(=O)N[C@@H](c2nccn2C)C(C)C)ccc1F. The summed E-state index contributed by atoms with van der Waals surface area (Å²) >= 11 is 0. The van der Waals surface area contributed by atoms with E-state index in [1.807, 2.05) is 31.7 Å². The second kappa shape index (κ2) is 6.60. The van der Waals surface area contributed by atoms with E-state index in [4.69, 9.17) is 4.74 Å². The molecule has 1 amide bonds. The average Bonchev–Trinajstić information content (AvgIpc) is 2.90. The van der Waals surface area contributed by atoms with E-state index in [-0.39, 0.29) is 23.6 Å². The van der Waals surface area contributed by atoms with Gasteiger partial charge in [-0.25, -0.2) is 9.37 Å². The lowest BCUT2D eigenvalue weighted by Gasteiger charge is -2.22. The summed E-state index contributed by atoms with van der Waals surface area (Å²) in [5, 5.41) is 2.95. The van der Waals surface area contributed by atoms with Crippen molar-refractivity contribution in [2.75, 3.05) is 7.11 Å². The van der Waals surface area contributed by atoms with Crippen LogP contribution < -0.4 is 10.1 Å². The predicted molar refractivity (Wildman–Crippen MR) is 81.2 cm³/mol. The number of nitrogens with zero attached hydrogens (tertiary/aromatic N) is 2. The highest BCUT2D eigenvalue weighted by atomic mass is 19.1. The highest BCUT2D eigenvalue weighted by Gasteiger charge is 2.23. The Labute approximate surface area is 129 Å². The maximum absolute atomic E-state index is 13.4. The molecule has 0 bridgehead atoms. The van der Waals surface area contributed by atoms with Crippen LogP contribution in [0.2, 0.25) is 0 Å². The standard InChI is InChI=1S/C16H20FN3O2/c1-10(2)14(15-18-7-8-20(15)3)19-16(21)11-5-6-12(17)13(9-11)22-4/h5-10,14H,1-4H3,(H,19,21)/t14-/m1/s1. The van der Waals surface area contributed by atoms with Crippen LogP contribution in [0.4, 0.5) is 4.39 Å². The second-order valence-corrected chi connectivity index (χ2v) is 5.44. The third kappa shape index (κ3) is 3.27. The molecule has 2 aromatic rings. The van der Waals surface area contributed by atoms with Crippen LogP contribution >= 0.6 is 0 Å².